The van der Waals surface area contributed by atoms with Crippen molar-refractivity contribution in [3.63, 3.8) is 0 Å². The van der Waals surface area contributed by atoms with Crippen LogP contribution in [0.4, 0.5) is 0 Å². The second-order valence-electron chi connectivity index (χ2n) is 5.49. The first-order valence-electron chi connectivity index (χ1n) is 7.42. The fraction of sp³-hybridized carbons (Fsp3) is 0.211. The molecule has 106 valence electrons. The molecule has 1 atom stereocenters. The lowest BCUT2D eigenvalue weighted by atomic mass is 10.1. The summed E-state index contributed by atoms with van der Waals surface area (Å²) >= 11 is 0. The Hall–Kier alpha value is -2.19. The molecule has 0 radical (unpaired) electrons. The molecule has 1 heterocycles. The van der Waals surface area contributed by atoms with E-state index in [0.717, 1.165) is 13.0 Å². The van der Waals surface area contributed by atoms with E-state index in [2.05, 4.69) is 71.8 Å². The van der Waals surface area contributed by atoms with Crippen LogP contribution in [0.15, 0.2) is 67.0 Å². The van der Waals surface area contributed by atoms with E-state index in [4.69, 9.17) is 0 Å². The van der Waals surface area contributed by atoms with Crippen molar-refractivity contribution >= 4 is 10.8 Å². The van der Waals surface area contributed by atoms with Gasteiger partial charge in [0.25, 0.3) is 0 Å². The zero-order chi connectivity index (χ0) is 14.5. The van der Waals surface area contributed by atoms with E-state index in [-0.39, 0.29) is 0 Å². The van der Waals surface area contributed by atoms with Crippen LogP contribution >= 0.6 is 0 Å². The molecule has 0 saturated heterocycles. The molecule has 3 rings (SSSR count). The van der Waals surface area contributed by atoms with E-state index in [1.165, 1.54) is 21.9 Å². The highest BCUT2D eigenvalue weighted by molar-refractivity contribution is 5.84. The Kier molecular flexibility index (Phi) is 4.27. The number of nitrogens with one attached hydrogen (secondary N) is 1. The quantitative estimate of drug-likeness (QED) is 0.763. The highest BCUT2D eigenvalue weighted by Crippen LogP contribution is 2.17. The van der Waals surface area contributed by atoms with Crippen molar-refractivity contribution in [2.24, 2.45) is 0 Å². The third-order valence-corrected chi connectivity index (χ3v) is 3.78. The SMILES string of the molecule is CC(Cc1ccccc1)NCc1cncc2ccccc12. The van der Waals surface area contributed by atoms with Crippen molar-refractivity contribution in [2.45, 2.75) is 25.9 Å². The molecule has 3 aromatic rings. The predicted octanol–water partition coefficient (Wildman–Crippen LogP) is 3.96. The second kappa shape index (κ2) is 6.51. The Balaban J connectivity index is 1.66. The third-order valence-electron chi connectivity index (χ3n) is 3.78. The molecule has 2 aromatic carbocycles. The molecule has 0 aliphatic rings. The standard InChI is InChI=1S/C19H20N2/c1-15(11-16-7-3-2-4-8-16)21-14-18-13-20-12-17-9-5-6-10-19(17)18/h2-10,12-13,15,21H,11,14H2,1H3. The van der Waals surface area contributed by atoms with Gasteiger partial charge in [0.15, 0.2) is 0 Å². The Morgan fingerprint density at radius 1 is 0.952 bits per heavy atom. The van der Waals surface area contributed by atoms with Crippen LogP contribution in [0.25, 0.3) is 10.8 Å². The van der Waals surface area contributed by atoms with Crippen LogP contribution in [0.3, 0.4) is 0 Å². The average Bonchev–Trinajstić information content (AvgIpc) is 2.54. The number of benzene rings is 2. The topological polar surface area (TPSA) is 24.9 Å². The van der Waals surface area contributed by atoms with Gasteiger partial charge in [0.1, 0.15) is 0 Å². The maximum Gasteiger partial charge on any atom is 0.0346 e. The number of fused-ring (bicyclic) bond motifs is 1. The molecule has 0 fully saturated rings. The molecule has 0 aliphatic carbocycles. The van der Waals surface area contributed by atoms with Gasteiger partial charge in [-0.2, -0.15) is 0 Å². The van der Waals surface area contributed by atoms with Gasteiger partial charge in [-0.05, 0) is 29.9 Å². The molecule has 0 saturated carbocycles. The summed E-state index contributed by atoms with van der Waals surface area (Å²) < 4.78 is 0. The fourth-order valence-corrected chi connectivity index (χ4v) is 2.64. The summed E-state index contributed by atoms with van der Waals surface area (Å²) in [6, 6.07) is 19.4. The van der Waals surface area contributed by atoms with Crippen LogP contribution < -0.4 is 5.32 Å². The minimum absolute atomic E-state index is 0.436. The van der Waals surface area contributed by atoms with Crippen LogP contribution in [0.5, 0.6) is 0 Å². The van der Waals surface area contributed by atoms with Gasteiger partial charge in [-0.3, -0.25) is 4.98 Å². The van der Waals surface area contributed by atoms with Gasteiger partial charge >= 0.3 is 0 Å². The van der Waals surface area contributed by atoms with Gasteiger partial charge in [0.05, 0.1) is 0 Å². The van der Waals surface area contributed by atoms with Crippen LogP contribution in [0.1, 0.15) is 18.1 Å². The average molecular weight is 276 g/mol. The van der Waals surface area contributed by atoms with E-state index < -0.39 is 0 Å². The van der Waals surface area contributed by atoms with Gasteiger partial charge in [-0.1, -0.05) is 54.6 Å². The number of aromatic nitrogens is 1. The summed E-state index contributed by atoms with van der Waals surface area (Å²) in [4.78, 5) is 4.33. The fourth-order valence-electron chi connectivity index (χ4n) is 2.64. The van der Waals surface area contributed by atoms with Gasteiger partial charge in [-0.25, -0.2) is 0 Å². The first kappa shape index (κ1) is 13.8. The second-order valence-corrected chi connectivity index (χ2v) is 5.49. The zero-order valence-corrected chi connectivity index (χ0v) is 12.3. The Bertz CT molecular complexity index is 702. The molecule has 21 heavy (non-hydrogen) atoms. The molecule has 0 bridgehead atoms. The Morgan fingerprint density at radius 3 is 2.57 bits per heavy atom. The number of nitrogens with zero attached hydrogens (tertiary/aromatic N) is 1. The highest BCUT2D eigenvalue weighted by Gasteiger charge is 2.05. The molecule has 2 heteroatoms. The predicted molar refractivity (Wildman–Crippen MR) is 88.2 cm³/mol. The highest BCUT2D eigenvalue weighted by atomic mass is 14.9. The van der Waals surface area contributed by atoms with Gasteiger partial charge < -0.3 is 5.32 Å². The lowest BCUT2D eigenvalue weighted by molar-refractivity contribution is 0.546. The first-order valence-corrected chi connectivity index (χ1v) is 7.42. The van der Waals surface area contributed by atoms with E-state index in [9.17, 15) is 0 Å². The summed E-state index contributed by atoms with van der Waals surface area (Å²) in [6.45, 7) is 3.08. The molecular weight excluding hydrogens is 256 g/mol. The van der Waals surface area contributed by atoms with E-state index in [0.29, 0.717) is 6.04 Å². The summed E-state index contributed by atoms with van der Waals surface area (Å²) in [5.74, 6) is 0. The van der Waals surface area contributed by atoms with E-state index >= 15 is 0 Å². The van der Waals surface area contributed by atoms with E-state index in [1.807, 2.05) is 12.4 Å². The van der Waals surface area contributed by atoms with E-state index in [1.54, 1.807) is 0 Å². The lowest BCUT2D eigenvalue weighted by Crippen LogP contribution is -2.27. The van der Waals surface area contributed by atoms with Gasteiger partial charge in [-0.15, -0.1) is 0 Å². The minimum Gasteiger partial charge on any atom is -0.310 e. The summed E-state index contributed by atoms with van der Waals surface area (Å²) in [7, 11) is 0. The Labute approximate surface area is 125 Å². The number of hydrogen-bond donors (Lipinski definition) is 1. The van der Waals surface area contributed by atoms with Crippen molar-refractivity contribution in [3.8, 4) is 0 Å². The summed E-state index contributed by atoms with van der Waals surface area (Å²) in [5, 5.41) is 6.09. The largest absolute Gasteiger partial charge is 0.310 e. The van der Waals surface area contributed by atoms with Crippen molar-refractivity contribution in [1.82, 2.24) is 10.3 Å². The molecule has 1 N–H and O–H groups in total. The third kappa shape index (κ3) is 3.47. The van der Waals surface area contributed by atoms with Crippen molar-refractivity contribution in [3.05, 3.63) is 78.1 Å². The number of rotatable bonds is 5. The Morgan fingerprint density at radius 2 is 1.71 bits per heavy atom. The molecule has 0 amide bonds. The molecule has 0 spiro atoms. The lowest BCUT2D eigenvalue weighted by Gasteiger charge is -2.15. The summed E-state index contributed by atoms with van der Waals surface area (Å²) in [6.07, 6.45) is 4.93. The van der Waals surface area contributed by atoms with Crippen LogP contribution in [-0.4, -0.2) is 11.0 Å². The normalized spacial score (nSPS) is 12.4. The first-order chi connectivity index (χ1) is 10.3. The van der Waals surface area contributed by atoms with Crippen LogP contribution in [0.2, 0.25) is 0 Å². The van der Waals surface area contributed by atoms with Crippen molar-refractivity contribution in [2.75, 3.05) is 0 Å². The smallest absolute Gasteiger partial charge is 0.0346 e. The molecule has 1 unspecified atom stereocenters. The number of pyridine rings is 1. The molecule has 2 nitrogen and oxygen atoms in total. The van der Waals surface area contributed by atoms with Crippen LogP contribution in [0, 0.1) is 0 Å². The molecular formula is C19H20N2. The molecule has 0 aliphatic heterocycles. The molecule has 1 aromatic heterocycles. The maximum absolute atomic E-state index is 4.33. The van der Waals surface area contributed by atoms with Crippen LogP contribution in [-0.2, 0) is 13.0 Å². The maximum atomic E-state index is 4.33. The van der Waals surface area contributed by atoms with Crippen molar-refractivity contribution in [1.29, 1.82) is 0 Å². The number of hydrogen-bond acceptors (Lipinski definition) is 2. The van der Waals surface area contributed by atoms with Gasteiger partial charge in [0, 0.05) is 30.4 Å². The van der Waals surface area contributed by atoms with Gasteiger partial charge in [0.2, 0.25) is 0 Å². The monoisotopic (exact) mass is 276 g/mol. The minimum atomic E-state index is 0.436. The summed E-state index contributed by atoms with van der Waals surface area (Å²) in [5.41, 5.74) is 2.63. The zero-order valence-electron chi connectivity index (χ0n) is 12.3. The van der Waals surface area contributed by atoms with Crippen molar-refractivity contribution < 1.29 is 0 Å².